The molecule has 5 nitrogen and oxygen atoms in total. The van der Waals surface area contributed by atoms with Crippen LogP contribution in [0.3, 0.4) is 0 Å². The molecular formula is C22H27BrN2O3. The summed E-state index contributed by atoms with van der Waals surface area (Å²) in [7, 11) is 1.67. The van der Waals surface area contributed by atoms with Crippen LogP contribution in [0.1, 0.15) is 30.9 Å². The number of halogens is 1. The highest BCUT2D eigenvalue weighted by molar-refractivity contribution is 9.10. The maximum Gasteiger partial charge on any atom is 0.258 e. The van der Waals surface area contributed by atoms with E-state index < -0.39 is 0 Å². The van der Waals surface area contributed by atoms with Crippen molar-refractivity contribution < 1.29 is 14.3 Å². The average molecular weight is 447 g/mol. The number of ether oxygens (including phenoxy) is 2. The molecule has 1 fully saturated rings. The molecule has 28 heavy (non-hydrogen) atoms. The van der Waals surface area contributed by atoms with Crippen LogP contribution in [0.2, 0.25) is 0 Å². The molecule has 0 unspecified atom stereocenters. The van der Waals surface area contributed by atoms with Gasteiger partial charge in [-0.2, -0.15) is 0 Å². The number of carbonyl (C=O) groups is 1. The first-order valence-electron chi connectivity index (χ1n) is 9.69. The monoisotopic (exact) mass is 446 g/mol. The number of carbonyl (C=O) groups excluding carboxylic acids is 1. The molecule has 0 saturated carbocycles. The van der Waals surface area contributed by atoms with E-state index in [4.69, 9.17) is 9.47 Å². The lowest BCUT2D eigenvalue weighted by Crippen LogP contribution is -2.41. The van der Waals surface area contributed by atoms with Crippen molar-refractivity contribution in [1.29, 1.82) is 0 Å². The lowest BCUT2D eigenvalue weighted by Gasteiger charge is -2.35. The maximum atomic E-state index is 12.3. The first-order chi connectivity index (χ1) is 13.7. The number of benzene rings is 2. The van der Waals surface area contributed by atoms with Crippen LogP contribution in [-0.4, -0.2) is 44.2 Å². The smallest absolute Gasteiger partial charge is 0.258 e. The van der Waals surface area contributed by atoms with Crippen LogP contribution >= 0.6 is 15.9 Å². The summed E-state index contributed by atoms with van der Waals surface area (Å²) in [5, 5.41) is 3.04. The molecule has 1 amide bonds. The van der Waals surface area contributed by atoms with Crippen molar-refractivity contribution in [3.63, 3.8) is 0 Å². The van der Waals surface area contributed by atoms with Gasteiger partial charge in [0.1, 0.15) is 11.5 Å². The number of piperidine rings is 1. The van der Waals surface area contributed by atoms with Gasteiger partial charge in [0.05, 0.1) is 13.2 Å². The number of amides is 1. The van der Waals surface area contributed by atoms with Crippen molar-refractivity contribution in [3.05, 3.63) is 58.6 Å². The number of nitrogens with one attached hydrogen (secondary N) is 1. The van der Waals surface area contributed by atoms with E-state index in [0.717, 1.165) is 23.3 Å². The quantitative estimate of drug-likeness (QED) is 0.660. The molecule has 2 aromatic rings. The second-order valence-electron chi connectivity index (χ2n) is 6.93. The van der Waals surface area contributed by atoms with Gasteiger partial charge in [-0.1, -0.05) is 34.5 Å². The van der Waals surface area contributed by atoms with Crippen molar-refractivity contribution in [1.82, 2.24) is 10.2 Å². The Labute approximate surface area is 175 Å². The van der Waals surface area contributed by atoms with Crippen LogP contribution in [0.25, 0.3) is 0 Å². The van der Waals surface area contributed by atoms with Crippen molar-refractivity contribution in [2.75, 3.05) is 33.4 Å². The van der Waals surface area contributed by atoms with Crippen LogP contribution < -0.4 is 14.8 Å². The number of nitrogens with zero attached hydrogens (tertiary/aromatic N) is 1. The minimum atomic E-state index is -0.113. The molecule has 1 aliphatic rings. The van der Waals surface area contributed by atoms with Gasteiger partial charge in [-0.3, -0.25) is 9.69 Å². The minimum absolute atomic E-state index is 0.0109. The largest absolute Gasteiger partial charge is 0.497 e. The molecular weight excluding hydrogens is 420 g/mol. The lowest BCUT2D eigenvalue weighted by molar-refractivity contribution is -0.123. The van der Waals surface area contributed by atoms with Gasteiger partial charge < -0.3 is 14.8 Å². The SMILES string of the molecule is COc1ccc([C@@H](CNC(=O)COc2ccc(Br)cc2)N2CCCCC2)cc1. The molecule has 1 aliphatic heterocycles. The summed E-state index contributed by atoms with van der Waals surface area (Å²) in [6, 6.07) is 15.7. The summed E-state index contributed by atoms with van der Waals surface area (Å²) in [6.07, 6.45) is 3.68. The third kappa shape index (κ3) is 5.97. The Balaban J connectivity index is 1.58. The highest BCUT2D eigenvalue weighted by Crippen LogP contribution is 2.26. The van der Waals surface area contributed by atoms with Gasteiger partial charge in [-0.05, 0) is 67.9 Å². The van der Waals surface area contributed by atoms with Gasteiger partial charge in [-0.15, -0.1) is 0 Å². The average Bonchev–Trinajstić information content (AvgIpc) is 2.74. The summed E-state index contributed by atoms with van der Waals surface area (Å²) >= 11 is 3.39. The molecule has 150 valence electrons. The molecule has 2 aromatic carbocycles. The van der Waals surface area contributed by atoms with E-state index in [-0.39, 0.29) is 18.6 Å². The third-order valence-corrected chi connectivity index (χ3v) is 5.54. The Kier molecular flexibility index (Phi) is 7.74. The normalized spacial score (nSPS) is 15.6. The highest BCUT2D eigenvalue weighted by Gasteiger charge is 2.23. The molecule has 0 spiro atoms. The van der Waals surface area contributed by atoms with E-state index in [1.807, 2.05) is 36.4 Å². The van der Waals surface area contributed by atoms with Gasteiger partial charge >= 0.3 is 0 Å². The summed E-state index contributed by atoms with van der Waals surface area (Å²) in [6.45, 7) is 2.69. The first-order valence-corrected chi connectivity index (χ1v) is 10.5. The molecule has 1 saturated heterocycles. The van der Waals surface area contributed by atoms with E-state index in [1.165, 1.54) is 24.8 Å². The van der Waals surface area contributed by atoms with Gasteiger partial charge in [0.25, 0.3) is 5.91 Å². The Hall–Kier alpha value is -2.05. The molecule has 0 radical (unpaired) electrons. The fraction of sp³-hybridized carbons (Fsp3) is 0.409. The predicted molar refractivity (Wildman–Crippen MR) is 114 cm³/mol. The molecule has 0 bridgehead atoms. The molecule has 1 heterocycles. The fourth-order valence-electron chi connectivity index (χ4n) is 3.46. The van der Waals surface area contributed by atoms with E-state index in [9.17, 15) is 4.79 Å². The van der Waals surface area contributed by atoms with Crippen molar-refractivity contribution in [2.45, 2.75) is 25.3 Å². The van der Waals surface area contributed by atoms with Gasteiger partial charge in [0.2, 0.25) is 0 Å². The minimum Gasteiger partial charge on any atom is -0.497 e. The zero-order chi connectivity index (χ0) is 19.8. The van der Waals surface area contributed by atoms with E-state index in [2.05, 4.69) is 38.3 Å². The number of methoxy groups -OCH3 is 1. The van der Waals surface area contributed by atoms with E-state index >= 15 is 0 Å². The van der Waals surface area contributed by atoms with Crippen LogP contribution in [0.4, 0.5) is 0 Å². The predicted octanol–water partition coefficient (Wildman–Crippen LogP) is 4.18. The van der Waals surface area contributed by atoms with Crippen molar-refractivity contribution >= 4 is 21.8 Å². The van der Waals surface area contributed by atoms with Crippen LogP contribution in [-0.2, 0) is 4.79 Å². The number of likely N-dealkylation sites (tertiary alicyclic amines) is 1. The Morgan fingerprint density at radius 2 is 1.68 bits per heavy atom. The second kappa shape index (κ2) is 10.5. The molecule has 6 heteroatoms. The Bertz CT molecular complexity index is 743. The van der Waals surface area contributed by atoms with Crippen molar-refractivity contribution in [2.24, 2.45) is 0 Å². The molecule has 1 N–H and O–H groups in total. The van der Waals surface area contributed by atoms with E-state index in [0.29, 0.717) is 12.3 Å². The van der Waals surface area contributed by atoms with Crippen LogP contribution in [0.15, 0.2) is 53.0 Å². The molecule has 0 aromatic heterocycles. The molecule has 0 aliphatic carbocycles. The van der Waals surface area contributed by atoms with Crippen LogP contribution in [0.5, 0.6) is 11.5 Å². The van der Waals surface area contributed by atoms with Gasteiger partial charge in [-0.25, -0.2) is 0 Å². The lowest BCUT2D eigenvalue weighted by atomic mass is 10.0. The summed E-state index contributed by atoms with van der Waals surface area (Å²) in [5.74, 6) is 1.41. The second-order valence-corrected chi connectivity index (χ2v) is 7.85. The third-order valence-electron chi connectivity index (χ3n) is 5.01. The van der Waals surface area contributed by atoms with Crippen molar-refractivity contribution in [3.8, 4) is 11.5 Å². The summed E-state index contributed by atoms with van der Waals surface area (Å²) in [4.78, 5) is 14.8. The Morgan fingerprint density at radius 3 is 2.32 bits per heavy atom. The molecule has 1 atom stereocenters. The topological polar surface area (TPSA) is 50.8 Å². The highest BCUT2D eigenvalue weighted by atomic mass is 79.9. The summed E-state index contributed by atoms with van der Waals surface area (Å²) in [5.41, 5.74) is 1.19. The van der Waals surface area contributed by atoms with Gasteiger partial charge in [0, 0.05) is 11.0 Å². The Morgan fingerprint density at radius 1 is 1.04 bits per heavy atom. The zero-order valence-electron chi connectivity index (χ0n) is 16.2. The standard InChI is InChI=1S/C22H27BrN2O3/c1-27-19-9-5-17(6-10-19)21(25-13-3-2-4-14-25)15-24-22(26)16-28-20-11-7-18(23)8-12-20/h5-12,21H,2-4,13-16H2,1H3,(H,24,26)/t21-/m1/s1. The summed E-state index contributed by atoms with van der Waals surface area (Å²) < 4.78 is 11.8. The van der Waals surface area contributed by atoms with Crippen LogP contribution in [0, 0.1) is 0 Å². The fourth-order valence-corrected chi connectivity index (χ4v) is 3.72. The number of hydrogen-bond acceptors (Lipinski definition) is 4. The van der Waals surface area contributed by atoms with E-state index in [1.54, 1.807) is 7.11 Å². The zero-order valence-corrected chi connectivity index (χ0v) is 17.8. The maximum absolute atomic E-state index is 12.3. The first kappa shape index (κ1) is 20.7. The van der Waals surface area contributed by atoms with Gasteiger partial charge in [0.15, 0.2) is 6.61 Å². The number of hydrogen-bond donors (Lipinski definition) is 1. The molecule has 3 rings (SSSR count). The number of rotatable bonds is 8.